The zero-order valence-corrected chi connectivity index (χ0v) is 12.3. The first-order chi connectivity index (χ1) is 10.2. The van der Waals surface area contributed by atoms with Crippen LogP contribution < -0.4 is 15.8 Å². The summed E-state index contributed by atoms with van der Waals surface area (Å²) in [6.07, 6.45) is 0. The second-order valence-corrected chi connectivity index (χ2v) is 5.18. The van der Waals surface area contributed by atoms with Crippen molar-refractivity contribution in [2.45, 2.75) is 0 Å². The van der Waals surface area contributed by atoms with Crippen molar-refractivity contribution in [3.05, 3.63) is 59.6 Å². The Labute approximate surface area is 128 Å². The van der Waals surface area contributed by atoms with Gasteiger partial charge in [-0.2, -0.15) is 0 Å². The molecule has 0 unspecified atom stereocenters. The molecule has 0 saturated heterocycles. The van der Waals surface area contributed by atoms with Crippen molar-refractivity contribution < 1.29 is 4.74 Å². The van der Waals surface area contributed by atoms with Crippen molar-refractivity contribution in [1.82, 2.24) is 0 Å². The molecule has 3 rings (SSSR count). The number of hydrogen-bond acceptors (Lipinski definition) is 3. The summed E-state index contributed by atoms with van der Waals surface area (Å²) < 4.78 is 5.16. The van der Waals surface area contributed by atoms with E-state index in [4.69, 9.17) is 22.1 Å². The minimum atomic E-state index is 0.677. The number of hydrogen-bond donors (Lipinski definition) is 2. The molecule has 0 aliphatic carbocycles. The molecular weight excluding hydrogens is 284 g/mol. The number of ether oxygens (including phenoxy) is 1. The fourth-order valence-corrected chi connectivity index (χ4v) is 2.45. The Kier molecular flexibility index (Phi) is 3.59. The zero-order valence-electron chi connectivity index (χ0n) is 11.6. The second-order valence-electron chi connectivity index (χ2n) is 4.75. The van der Waals surface area contributed by atoms with E-state index in [1.165, 1.54) is 0 Å². The van der Waals surface area contributed by atoms with Gasteiger partial charge < -0.3 is 15.8 Å². The number of anilines is 3. The largest absolute Gasteiger partial charge is 0.497 e. The van der Waals surface area contributed by atoms with E-state index in [1.54, 1.807) is 7.11 Å². The number of nitrogens with one attached hydrogen (secondary N) is 1. The molecule has 21 heavy (non-hydrogen) atoms. The highest BCUT2D eigenvalue weighted by atomic mass is 35.5. The van der Waals surface area contributed by atoms with Gasteiger partial charge in [0.2, 0.25) is 0 Å². The highest BCUT2D eigenvalue weighted by molar-refractivity contribution is 6.31. The van der Waals surface area contributed by atoms with Crippen LogP contribution >= 0.6 is 11.6 Å². The first-order valence-electron chi connectivity index (χ1n) is 6.56. The number of nitrogen functional groups attached to an aromatic ring is 1. The van der Waals surface area contributed by atoms with Gasteiger partial charge >= 0.3 is 0 Å². The van der Waals surface area contributed by atoms with Crippen LogP contribution in [-0.4, -0.2) is 7.11 Å². The van der Waals surface area contributed by atoms with E-state index in [1.807, 2.05) is 54.6 Å². The third kappa shape index (κ3) is 2.73. The summed E-state index contributed by atoms with van der Waals surface area (Å²) >= 11 is 6.05. The molecule has 3 N–H and O–H groups in total. The van der Waals surface area contributed by atoms with Crippen LogP contribution in [0.15, 0.2) is 54.6 Å². The number of rotatable bonds is 3. The van der Waals surface area contributed by atoms with E-state index in [-0.39, 0.29) is 0 Å². The number of benzene rings is 3. The molecular formula is C17H15ClN2O. The third-order valence-electron chi connectivity index (χ3n) is 3.38. The smallest absolute Gasteiger partial charge is 0.119 e. The van der Waals surface area contributed by atoms with Gasteiger partial charge in [0.25, 0.3) is 0 Å². The van der Waals surface area contributed by atoms with Crippen molar-refractivity contribution in [2.75, 3.05) is 18.2 Å². The van der Waals surface area contributed by atoms with Crippen LogP contribution in [0.4, 0.5) is 17.1 Å². The van der Waals surface area contributed by atoms with Crippen molar-refractivity contribution in [3.8, 4) is 5.75 Å². The van der Waals surface area contributed by atoms with E-state index in [2.05, 4.69) is 5.32 Å². The SMILES string of the molecule is COc1ccc(Nc2ccc(N)c3cc(Cl)ccc23)cc1. The molecule has 0 aliphatic rings. The summed E-state index contributed by atoms with van der Waals surface area (Å²) in [6, 6.07) is 17.3. The van der Waals surface area contributed by atoms with E-state index in [0.29, 0.717) is 10.7 Å². The molecule has 0 radical (unpaired) electrons. The Morgan fingerprint density at radius 1 is 0.952 bits per heavy atom. The first kappa shape index (κ1) is 13.6. The van der Waals surface area contributed by atoms with Gasteiger partial charge in [0.05, 0.1) is 7.11 Å². The average Bonchev–Trinajstić information content (AvgIpc) is 2.51. The van der Waals surface area contributed by atoms with Gasteiger partial charge in [0.1, 0.15) is 5.75 Å². The number of fused-ring (bicyclic) bond motifs is 1. The lowest BCUT2D eigenvalue weighted by Gasteiger charge is -2.12. The molecule has 0 heterocycles. The molecule has 3 aromatic carbocycles. The molecule has 0 atom stereocenters. The Balaban J connectivity index is 2.02. The predicted octanol–water partition coefficient (Wildman–Crippen LogP) is 4.83. The molecule has 0 saturated carbocycles. The van der Waals surface area contributed by atoms with Crippen LogP contribution in [-0.2, 0) is 0 Å². The molecule has 106 valence electrons. The Morgan fingerprint density at radius 3 is 2.43 bits per heavy atom. The van der Waals surface area contributed by atoms with Crippen LogP contribution in [0, 0.1) is 0 Å². The van der Waals surface area contributed by atoms with Crippen LogP contribution in [0.1, 0.15) is 0 Å². The van der Waals surface area contributed by atoms with Crippen LogP contribution in [0.25, 0.3) is 10.8 Å². The van der Waals surface area contributed by atoms with Crippen molar-refractivity contribution in [3.63, 3.8) is 0 Å². The number of halogens is 1. The highest BCUT2D eigenvalue weighted by Crippen LogP contribution is 2.32. The minimum absolute atomic E-state index is 0.677. The van der Waals surface area contributed by atoms with Gasteiger partial charge in [-0.25, -0.2) is 0 Å². The fraction of sp³-hybridized carbons (Fsp3) is 0.0588. The van der Waals surface area contributed by atoms with E-state index in [9.17, 15) is 0 Å². The van der Waals surface area contributed by atoms with Gasteiger partial charge in [0.15, 0.2) is 0 Å². The normalized spacial score (nSPS) is 10.6. The number of nitrogens with two attached hydrogens (primary N) is 1. The molecule has 0 aliphatic heterocycles. The predicted molar refractivity (Wildman–Crippen MR) is 89.6 cm³/mol. The summed E-state index contributed by atoms with van der Waals surface area (Å²) in [5.74, 6) is 0.828. The van der Waals surface area contributed by atoms with Gasteiger partial charge in [-0.05, 0) is 48.5 Å². The zero-order chi connectivity index (χ0) is 14.8. The summed E-state index contributed by atoms with van der Waals surface area (Å²) in [4.78, 5) is 0. The lowest BCUT2D eigenvalue weighted by atomic mass is 10.1. The van der Waals surface area contributed by atoms with Gasteiger partial charge in [-0.15, -0.1) is 0 Å². The fourth-order valence-electron chi connectivity index (χ4n) is 2.28. The third-order valence-corrected chi connectivity index (χ3v) is 3.62. The van der Waals surface area contributed by atoms with Crippen molar-refractivity contribution >= 4 is 39.4 Å². The topological polar surface area (TPSA) is 47.3 Å². The minimum Gasteiger partial charge on any atom is -0.497 e. The van der Waals surface area contributed by atoms with Gasteiger partial charge in [0, 0.05) is 32.9 Å². The molecule has 0 fully saturated rings. The summed E-state index contributed by atoms with van der Waals surface area (Å²) in [5.41, 5.74) is 8.71. The standard InChI is InChI=1S/C17H15ClN2O/c1-21-13-5-3-12(4-6-13)20-17-9-8-16(19)15-10-11(18)2-7-14(15)17/h2-10,20H,19H2,1H3. The van der Waals surface area contributed by atoms with E-state index >= 15 is 0 Å². The molecule has 0 spiro atoms. The quantitative estimate of drug-likeness (QED) is 0.681. The lowest BCUT2D eigenvalue weighted by Crippen LogP contribution is -1.94. The maximum absolute atomic E-state index is 6.05. The molecule has 3 aromatic rings. The van der Waals surface area contributed by atoms with E-state index < -0.39 is 0 Å². The van der Waals surface area contributed by atoms with Crippen molar-refractivity contribution in [1.29, 1.82) is 0 Å². The highest BCUT2D eigenvalue weighted by Gasteiger charge is 2.05. The average molecular weight is 299 g/mol. The Bertz CT molecular complexity index is 785. The number of methoxy groups -OCH3 is 1. The molecule has 3 nitrogen and oxygen atoms in total. The first-order valence-corrected chi connectivity index (χ1v) is 6.94. The molecule has 4 heteroatoms. The Morgan fingerprint density at radius 2 is 1.71 bits per heavy atom. The van der Waals surface area contributed by atoms with Crippen LogP contribution in [0.5, 0.6) is 5.75 Å². The Hall–Kier alpha value is -2.39. The van der Waals surface area contributed by atoms with Crippen molar-refractivity contribution in [2.24, 2.45) is 0 Å². The summed E-state index contributed by atoms with van der Waals surface area (Å²) in [5, 5.41) is 6.05. The van der Waals surface area contributed by atoms with Gasteiger partial charge in [-0.3, -0.25) is 0 Å². The molecule has 0 amide bonds. The maximum atomic E-state index is 6.05. The monoisotopic (exact) mass is 298 g/mol. The molecule has 0 bridgehead atoms. The van der Waals surface area contributed by atoms with Crippen LogP contribution in [0.3, 0.4) is 0 Å². The summed E-state index contributed by atoms with van der Waals surface area (Å²) in [6.45, 7) is 0. The van der Waals surface area contributed by atoms with Crippen LogP contribution in [0.2, 0.25) is 5.02 Å². The van der Waals surface area contributed by atoms with Gasteiger partial charge in [-0.1, -0.05) is 17.7 Å². The summed E-state index contributed by atoms with van der Waals surface area (Å²) in [7, 11) is 1.65. The molecule has 0 aromatic heterocycles. The lowest BCUT2D eigenvalue weighted by molar-refractivity contribution is 0.415. The maximum Gasteiger partial charge on any atom is 0.119 e. The second kappa shape index (κ2) is 5.54. The van der Waals surface area contributed by atoms with E-state index in [0.717, 1.165) is 27.9 Å².